The van der Waals surface area contributed by atoms with Gasteiger partial charge in [-0.2, -0.15) is 0 Å². The molecule has 0 radical (unpaired) electrons. The second-order valence-corrected chi connectivity index (χ2v) is 10.9. The zero-order valence-corrected chi connectivity index (χ0v) is 31.5. The van der Waals surface area contributed by atoms with Gasteiger partial charge < -0.3 is 27.1 Å². The van der Waals surface area contributed by atoms with Crippen LogP contribution in [0.5, 0.6) is 34.5 Å². The molecule has 0 saturated carbocycles. The Morgan fingerprint density at radius 2 is 0.345 bits per heavy atom. The first-order valence-corrected chi connectivity index (χ1v) is 17.0. The predicted molar refractivity (Wildman–Crippen MR) is 196 cm³/mol. The molecule has 0 bridgehead atoms. The number of benzene rings is 6. The van der Waals surface area contributed by atoms with E-state index < -0.39 is 17.2 Å². The Kier molecular flexibility index (Phi) is 34.1. The van der Waals surface area contributed by atoms with Crippen molar-refractivity contribution in [1.82, 2.24) is 0 Å². The minimum atomic E-state index is -1.59. The summed E-state index contributed by atoms with van der Waals surface area (Å²) in [5.41, 5.74) is 0. The van der Waals surface area contributed by atoms with E-state index in [0.717, 1.165) is 0 Å². The Morgan fingerprint density at radius 3 is 0.455 bits per heavy atom. The van der Waals surface area contributed by atoms with Gasteiger partial charge in [-0.25, -0.2) is 0 Å². The molecule has 0 fully saturated rings. The van der Waals surface area contributed by atoms with Crippen LogP contribution in [-0.4, -0.2) is 0 Å². The second-order valence-electron chi connectivity index (χ2n) is 8.87. The monoisotopic (exact) mass is 816 g/mol. The summed E-state index contributed by atoms with van der Waals surface area (Å²) in [6.45, 7) is 22.5. The average Bonchev–Trinajstić information content (AvgIpc) is 3.27. The van der Waals surface area contributed by atoms with E-state index in [1.165, 1.54) is 0 Å². The molecule has 6 aromatic rings. The normalized spacial score (nSPS) is 8.36. The Hall–Kier alpha value is -5.80. The molecule has 11 nitrogen and oxygen atoms in total. The van der Waals surface area contributed by atoms with Crippen LogP contribution in [0.25, 0.3) is 0 Å². The summed E-state index contributed by atoms with van der Waals surface area (Å²) in [6.07, 6.45) is 0. The standard InChI is InChI=1S/2C18H15O3P.5CO.Fe/c2*1-4-10-16(11-5-1)19-22(20-17-12-6-2-7-13-17)21-18-14-8-3-9-15-18;5*1-2;/h2*1-15H;;;;;;/q;;;;;;;+2. The molecular formula is C41H30FeO11P2+2. The van der Waals surface area contributed by atoms with Crippen molar-refractivity contribution in [3.8, 4) is 34.5 Å². The maximum atomic E-state index is 7.50. The molecule has 6 aromatic carbocycles. The summed E-state index contributed by atoms with van der Waals surface area (Å²) < 4.78 is 72.6. The second kappa shape index (κ2) is 36.6. The molecule has 0 aliphatic carbocycles. The SMILES string of the molecule is [C-]#[O+].[C-]#[O+].[C-]#[O+].[C-]#[O+].[C-]#[O+].[Fe+2].c1ccc(OP(Oc2ccccc2)Oc2ccccc2)cc1.c1ccc(OP(Oc2ccccc2)Oc2ccccc2)cc1. The number of rotatable bonds is 12. The van der Waals surface area contributed by atoms with Crippen molar-refractivity contribution in [3.63, 3.8) is 0 Å². The van der Waals surface area contributed by atoms with Crippen LogP contribution in [-0.2, 0) is 40.3 Å². The third kappa shape index (κ3) is 23.5. The molecule has 55 heavy (non-hydrogen) atoms. The van der Waals surface area contributed by atoms with E-state index in [1.54, 1.807) is 0 Å². The zero-order chi connectivity index (χ0) is 40.1. The molecule has 0 amide bonds. The van der Waals surface area contributed by atoms with Gasteiger partial charge >= 0.3 is 90.8 Å². The largest absolute Gasteiger partial charge is 2.00 e. The maximum Gasteiger partial charge on any atom is 2.00 e. The summed E-state index contributed by atoms with van der Waals surface area (Å²) in [5, 5.41) is 0. The van der Waals surface area contributed by atoms with Crippen molar-refractivity contribution in [3.05, 3.63) is 215 Å². The molecule has 0 atom stereocenters. The van der Waals surface area contributed by atoms with E-state index in [0.29, 0.717) is 34.5 Å². The van der Waals surface area contributed by atoms with Crippen molar-refractivity contribution < 1.29 is 67.5 Å². The molecular weight excluding hydrogens is 786 g/mol. The molecule has 0 unspecified atom stereocenters. The smallest absolute Gasteiger partial charge is 0.409 e. The summed E-state index contributed by atoms with van der Waals surface area (Å²) in [5.74, 6) is 4.25. The Labute approximate surface area is 333 Å². The van der Waals surface area contributed by atoms with E-state index in [2.05, 4.69) is 33.3 Å². The summed E-state index contributed by atoms with van der Waals surface area (Å²) in [6, 6.07) is 57.0. The molecule has 0 aliphatic heterocycles. The molecule has 276 valence electrons. The van der Waals surface area contributed by atoms with E-state index in [9.17, 15) is 0 Å². The minimum absolute atomic E-state index is 0. The number of hydrogen-bond donors (Lipinski definition) is 0. The fourth-order valence-corrected chi connectivity index (χ4v) is 5.50. The minimum Gasteiger partial charge on any atom is -0.409 e. The van der Waals surface area contributed by atoms with Gasteiger partial charge in [0.1, 0.15) is 34.5 Å². The van der Waals surface area contributed by atoms with E-state index in [-0.39, 0.29) is 17.1 Å². The van der Waals surface area contributed by atoms with E-state index >= 15 is 0 Å². The summed E-state index contributed by atoms with van der Waals surface area (Å²) >= 11 is 0. The molecule has 0 saturated heterocycles. The molecule has 0 spiro atoms. The van der Waals surface area contributed by atoms with Crippen molar-refractivity contribution in [1.29, 1.82) is 0 Å². The first kappa shape index (κ1) is 51.3. The number of hydrogen-bond acceptors (Lipinski definition) is 6. The van der Waals surface area contributed by atoms with Gasteiger partial charge in [0.15, 0.2) is 0 Å². The molecule has 0 aliphatic rings. The van der Waals surface area contributed by atoms with Gasteiger partial charge in [0, 0.05) is 0 Å². The maximum absolute atomic E-state index is 7.50. The fourth-order valence-electron chi connectivity index (χ4n) is 3.52. The summed E-state index contributed by atoms with van der Waals surface area (Å²) in [4.78, 5) is 0. The molecule has 0 N–H and O–H groups in total. The van der Waals surface area contributed by atoms with Gasteiger partial charge in [-0.05, 0) is 72.8 Å². The topological polar surface area (TPSA) is 155 Å². The number of para-hydroxylation sites is 6. The van der Waals surface area contributed by atoms with Gasteiger partial charge in [0.25, 0.3) is 0 Å². The van der Waals surface area contributed by atoms with Crippen molar-refractivity contribution >= 4 is 17.2 Å². The van der Waals surface area contributed by atoms with Crippen LogP contribution >= 0.6 is 17.2 Å². The summed E-state index contributed by atoms with van der Waals surface area (Å²) in [7, 11) is -3.18. The van der Waals surface area contributed by atoms with Crippen LogP contribution in [0.4, 0.5) is 0 Å². The van der Waals surface area contributed by atoms with Crippen molar-refractivity contribution in [2.45, 2.75) is 0 Å². The third-order valence-corrected chi connectivity index (χ3v) is 7.70. The van der Waals surface area contributed by atoms with Crippen LogP contribution < -0.4 is 27.1 Å². The van der Waals surface area contributed by atoms with Crippen LogP contribution in [0.3, 0.4) is 0 Å². The molecule has 0 aromatic heterocycles. The average molecular weight is 816 g/mol. The van der Waals surface area contributed by atoms with Crippen LogP contribution in [0.2, 0.25) is 0 Å². The van der Waals surface area contributed by atoms with Crippen molar-refractivity contribution in [2.75, 3.05) is 0 Å². The van der Waals surface area contributed by atoms with Gasteiger partial charge in [-0.15, -0.1) is 0 Å². The zero-order valence-electron chi connectivity index (χ0n) is 28.6. The van der Waals surface area contributed by atoms with Crippen LogP contribution in [0.15, 0.2) is 182 Å². The van der Waals surface area contributed by atoms with Crippen molar-refractivity contribution in [2.24, 2.45) is 0 Å². The van der Waals surface area contributed by atoms with Gasteiger partial charge in [0.05, 0.1) is 0 Å². The Balaban J connectivity index is 0. The molecule has 6 rings (SSSR count). The Bertz CT molecular complexity index is 1490. The van der Waals surface area contributed by atoms with Crippen LogP contribution in [0, 0.1) is 33.3 Å². The molecule has 0 heterocycles. The molecule has 14 heteroatoms. The van der Waals surface area contributed by atoms with E-state index in [4.69, 9.17) is 50.4 Å². The van der Waals surface area contributed by atoms with Gasteiger partial charge in [0.2, 0.25) is 0 Å². The first-order valence-electron chi connectivity index (χ1n) is 14.8. The van der Waals surface area contributed by atoms with Crippen LogP contribution in [0.1, 0.15) is 0 Å². The quantitative estimate of drug-likeness (QED) is 0.0518. The Morgan fingerprint density at radius 1 is 0.236 bits per heavy atom. The van der Waals surface area contributed by atoms with E-state index in [1.807, 2.05) is 182 Å². The fraction of sp³-hybridized carbons (Fsp3) is 0. The third-order valence-electron chi connectivity index (χ3n) is 5.54. The first-order chi connectivity index (χ1) is 26.8. The van der Waals surface area contributed by atoms with Gasteiger partial charge in [-0.1, -0.05) is 109 Å². The van der Waals surface area contributed by atoms with Gasteiger partial charge in [-0.3, -0.25) is 0 Å². The predicted octanol–water partition coefficient (Wildman–Crippen LogP) is 10.7.